The van der Waals surface area contributed by atoms with Gasteiger partial charge in [0.25, 0.3) is 0 Å². The van der Waals surface area contributed by atoms with Gasteiger partial charge in [0.05, 0.1) is 5.75 Å². The number of hydrogen-bond donors (Lipinski definition) is 2. The average molecular weight is 255 g/mol. The van der Waals surface area contributed by atoms with Crippen molar-refractivity contribution in [3.8, 4) is 0 Å². The fourth-order valence-corrected chi connectivity index (χ4v) is 2.79. The predicted octanol–water partition coefficient (Wildman–Crippen LogP) is 1.41. The topological polar surface area (TPSA) is 67.2 Å². The van der Waals surface area contributed by atoms with Crippen LogP contribution in [0.5, 0.6) is 0 Å². The molecule has 17 heavy (non-hydrogen) atoms. The van der Waals surface area contributed by atoms with Gasteiger partial charge in [0.2, 0.25) is 5.91 Å². The standard InChI is InChI=1S/C11H17N3O2S/c1-8-6-10(14-16-8)13-11(15)7-17-9-2-4-12-5-3-9/h6,9,12H,2-5,7H2,1H3,(H,13,14,15). The van der Waals surface area contributed by atoms with Gasteiger partial charge in [0, 0.05) is 11.3 Å². The monoisotopic (exact) mass is 255 g/mol. The molecule has 0 aromatic carbocycles. The van der Waals surface area contributed by atoms with Crippen molar-refractivity contribution in [2.45, 2.75) is 25.0 Å². The summed E-state index contributed by atoms with van der Waals surface area (Å²) < 4.78 is 4.88. The third kappa shape index (κ3) is 4.05. The SMILES string of the molecule is Cc1cc(NC(=O)CSC2CCNCC2)no1. The first-order valence-electron chi connectivity index (χ1n) is 5.79. The van der Waals surface area contributed by atoms with E-state index in [2.05, 4.69) is 15.8 Å². The molecular formula is C11H17N3O2S. The van der Waals surface area contributed by atoms with Crippen LogP contribution < -0.4 is 10.6 Å². The lowest BCUT2D eigenvalue weighted by atomic mass is 10.2. The van der Waals surface area contributed by atoms with Crippen LogP contribution in [0.15, 0.2) is 10.6 Å². The van der Waals surface area contributed by atoms with Crippen LogP contribution in [0.2, 0.25) is 0 Å². The van der Waals surface area contributed by atoms with Crippen molar-refractivity contribution >= 4 is 23.5 Å². The molecule has 0 radical (unpaired) electrons. The fraction of sp³-hybridized carbons (Fsp3) is 0.636. The van der Waals surface area contributed by atoms with Gasteiger partial charge in [-0.2, -0.15) is 0 Å². The van der Waals surface area contributed by atoms with Gasteiger partial charge in [-0.1, -0.05) is 5.16 Å². The van der Waals surface area contributed by atoms with E-state index < -0.39 is 0 Å². The Morgan fingerprint density at radius 1 is 1.65 bits per heavy atom. The van der Waals surface area contributed by atoms with E-state index in [0.717, 1.165) is 25.9 Å². The number of nitrogens with zero attached hydrogens (tertiary/aromatic N) is 1. The minimum absolute atomic E-state index is 0.0122. The molecule has 1 saturated heterocycles. The highest BCUT2D eigenvalue weighted by atomic mass is 32.2. The van der Waals surface area contributed by atoms with E-state index in [9.17, 15) is 4.79 Å². The number of rotatable bonds is 4. The molecule has 0 aliphatic carbocycles. The number of nitrogens with one attached hydrogen (secondary N) is 2. The molecule has 1 aliphatic heterocycles. The summed E-state index contributed by atoms with van der Waals surface area (Å²) in [6.45, 7) is 3.91. The van der Waals surface area contributed by atoms with E-state index in [1.807, 2.05) is 0 Å². The summed E-state index contributed by atoms with van der Waals surface area (Å²) in [5, 5.41) is 10.4. The van der Waals surface area contributed by atoms with Gasteiger partial charge < -0.3 is 15.2 Å². The number of thioether (sulfide) groups is 1. The second-order valence-electron chi connectivity index (χ2n) is 4.13. The van der Waals surface area contributed by atoms with Crippen LogP contribution in [0, 0.1) is 6.92 Å². The molecule has 0 bridgehead atoms. The van der Waals surface area contributed by atoms with Crippen molar-refractivity contribution in [1.29, 1.82) is 0 Å². The molecule has 2 rings (SSSR count). The molecule has 2 N–H and O–H groups in total. The number of aryl methyl sites for hydroxylation is 1. The zero-order chi connectivity index (χ0) is 12.1. The first-order valence-corrected chi connectivity index (χ1v) is 6.84. The third-order valence-corrected chi connectivity index (χ3v) is 4.00. The maximum absolute atomic E-state index is 11.6. The molecular weight excluding hydrogens is 238 g/mol. The Balaban J connectivity index is 1.70. The van der Waals surface area contributed by atoms with Gasteiger partial charge in [-0.05, 0) is 32.9 Å². The van der Waals surface area contributed by atoms with Gasteiger partial charge >= 0.3 is 0 Å². The highest BCUT2D eigenvalue weighted by molar-refractivity contribution is 8.00. The summed E-state index contributed by atoms with van der Waals surface area (Å²) in [4.78, 5) is 11.6. The third-order valence-electron chi connectivity index (χ3n) is 2.63. The lowest BCUT2D eigenvalue weighted by molar-refractivity contribution is -0.113. The molecule has 1 aromatic heterocycles. The second-order valence-corrected chi connectivity index (χ2v) is 5.42. The Bertz CT molecular complexity index is 375. The molecule has 2 heterocycles. The van der Waals surface area contributed by atoms with Gasteiger partial charge in [-0.15, -0.1) is 11.8 Å². The van der Waals surface area contributed by atoms with Gasteiger partial charge in [-0.25, -0.2) is 0 Å². The van der Waals surface area contributed by atoms with E-state index in [4.69, 9.17) is 4.52 Å². The molecule has 1 aromatic rings. The van der Waals surface area contributed by atoms with Crippen molar-refractivity contribution < 1.29 is 9.32 Å². The summed E-state index contributed by atoms with van der Waals surface area (Å²) in [7, 11) is 0. The Labute approximate surface area is 105 Å². The molecule has 0 unspecified atom stereocenters. The van der Waals surface area contributed by atoms with Crippen LogP contribution in [0.25, 0.3) is 0 Å². The Morgan fingerprint density at radius 3 is 3.06 bits per heavy atom. The Hall–Kier alpha value is -1.01. The maximum Gasteiger partial charge on any atom is 0.235 e. The van der Waals surface area contributed by atoms with E-state index in [1.165, 1.54) is 0 Å². The fourth-order valence-electron chi connectivity index (χ4n) is 1.76. The highest BCUT2D eigenvalue weighted by Crippen LogP contribution is 2.20. The van der Waals surface area contributed by atoms with Crippen molar-refractivity contribution in [3.05, 3.63) is 11.8 Å². The molecule has 0 spiro atoms. The van der Waals surface area contributed by atoms with Crippen molar-refractivity contribution in [1.82, 2.24) is 10.5 Å². The Kier molecular flexibility index (Phi) is 4.44. The zero-order valence-electron chi connectivity index (χ0n) is 9.86. The number of aromatic nitrogens is 1. The van der Waals surface area contributed by atoms with Crippen LogP contribution in [0.3, 0.4) is 0 Å². The summed E-state index contributed by atoms with van der Waals surface area (Å²) in [6.07, 6.45) is 2.28. The number of carbonyl (C=O) groups excluding carboxylic acids is 1. The van der Waals surface area contributed by atoms with Crippen molar-refractivity contribution in [2.75, 3.05) is 24.2 Å². The van der Waals surface area contributed by atoms with E-state index in [1.54, 1.807) is 24.8 Å². The number of piperidine rings is 1. The van der Waals surface area contributed by atoms with Crippen LogP contribution >= 0.6 is 11.8 Å². The molecule has 6 heteroatoms. The van der Waals surface area contributed by atoms with Gasteiger partial charge in [0.15, 0.2) is 5.82 Å². The Morgan fingerprint density at radius 2 is 2.41 bits per heavy atom. The minimum Gasteiger partial charge on any atom is -0.360 e. The molecule has 94 valence electrons. The predicted molar refractivity (Wildman–Crippen MR) is 68.2 cm³/mol. The van der Waals surface area contributed by atoms with E-state index >= 15 is 0 Å². The molecule has 0 atom stereocenters. The van der Waals surface area contributed by atoms with Crippen LogP contribution in [0.1, 0.15) is 18.6 Å². The lowest BCUT2D eigenvalue weighted by Crippen LogP contribution is -2.30. The molecule has 5 nitrogen and oxygen atoms in total. The van der Waals surface area contributed by atoms with Crippen molar-refractivity contribution in [3.63, 3.8) is 0 Å². The van der Waals surface area contributed by atoms with Crippen LogP contribution in [-0.4, -0.2) is 35.2 Å². The average Bonchev–Trinajstić information content (AvgIpc) is 2.73. The molecule has 1 aliphatic rings. The zero-order valence-corrected chi connectivity index (χ0v) is 10.7. The molecule has 0 saturated carbocycles. The summed E-state index contributed by atoms with van der Waals surface area (Å²) in [5.74, 6) is 1.67. The number of carbonyl (C=O) groups is 1. The number of amides is 1. The van der Waals surface area contributed by atoms with Gasteiger partial charge in [0.1, 0.15) is 5.76 Å². The first-order chi connectivity index (χ1) is 8.24. The number of anilines is 1. The molecule has 1 fully saturated rings. The van der Waals surface area contributed by atoms with Gasteiger partial charge in [-0.3, -0.25) is 4.79 Å². The summed E-state index contributed by atoms with van der Waals surface area (Å²) >= 11 is 1.72. The van der Waals surface area contributed by atoms with Crippen molar-refractivity contribution in [2.24, 2.45) is 0 Å². The lowest BCUT2D eigenvalue weighted by Gasteiger charge is -2.21. The highest BCUT2D eigenvalue weighted by Gasteiger charge is 2.15. The van der Waals surface area contributed by atoms with E-state index in [-0.39, 0.29) is 5.91 Å². The smallest absolute Gasteiger partial charge is 0.235 e. The largest absolute Gasteiger partial charge is 0.360 e. The second kappa shape index (κ2) is 6.07. The summed E-state index contributed by atoms with van der Waals surface area (Å²) in [5.41, 5.74) is 0. The minimum atomic E-state index is -0.0122. The maximum atomic E-state index is 11.6. The number of hydrogen-bond acceptors (Lipinski definition) is 5. The van der Waals surface area contributed by atoms with Crippen LogP contribution in [-0.2, 0) is 4.79 Å². The van der Waals surface area contributed by atoms with Crippen LogP contribution in [0.4, 0.5) is 5.82 Å². The normalized spacial score (nSPS) is 17.0. The quantitative estimate of drug-likeness (QED) is 0.851. The van der Waals surface area contributed by atoms with E-state index in [0.29, 0.717) is 22.6 Å². The first kappa shape index (κ1) is 12.4. The summed E-state index contributed by atoms with van der Waals surface area (Å²) in [6, 6.07) is 1.72. The molecule has 1 amide bonds.